The van der Waals surface area contributed by atoms with Crippen molar-refractivity contribution >= 4 is 18.0 Å². The Bertz CT molecular complexity index is 531. The minimum absolute atomic E-state index is 0.276. The van der Waals surface area contributed by atoms with Gasteiger partial charge in [0.1, 0.15) is 5.60 Å². The van der Waals surface area contributed by atoms with Gasteiger partial charge in [0, 0.05) is 52.2 Å². The van der Waals surface area contributed by atoms with Gasteiger partial charge in [-0.2, -0.15) is 0 Å². The van der Waals surface area contributed by atoms with Crippen molar-refractivity contribution in [3.05, 3.63) is 0 Å². The Morgan fingerprint density at radius 3 is 2.62 bits per heavy atom. The van der Waals surface area contributed by atoms with Crippen molar-refractivity contribution in [3.63, 3.8) is 0 Å². The third kappa shape index (κ3) is 10.9. The number of carbonyl (C=O) groups excluding carboxylic acids is 2. The molecule has 0 unspecified atom stereocenters. The fraction of sp³-hybridized carbons (Fsp3) is 0.857. The molecule has 0 saturated carbocycles. The molecular formula is C21H41N5O3. The summed E-state index contributed by atoms with van der Waals surface area (Å²) in [5.74, 6) is 1.01. The van der Waals surface area contributed by atoms with Crippen LogP contribution in [0.3, 0.4) is 0 Å². The van der Waals surface area contributed by atoms with E-state index < -0.39 is 5.60 Å². The number of nitrogens with zero attached hydrogens (tertiary/aromatic N) is 3. The normalized spacial score (nSPS) is 15.7. The van der Waals surface area contributed by atoms with E-state index in [1.54, 1.807) is 4.90 Å². The summed E-state index contributed by atoms with van der Waals surface area (Å²) in [5.41, 5.74) is -0.497. The van der Waals surface area contributed by atoms with Gasteiger partial charge in [-0.05, 0) is 53.9 Å². The van der Waals surface area contributed by atoms with E-state index in [0.717, 1.165) is 51.3 Å². The standard InChI is InChI=1S/C21H41N5O3/c1-6-22-19(23-13-11-16-26-15-10-8-9-12-18(26)27)24-14-17-25(7-2)20(28)29-21(3,4)5/h6-17H2,1-5H3,(H2,22,23,24). The van der Waals surface area contributed by atoms with E-state index in [2.05, 4.69) is 15.6 Å². The summed E-state index contributed by atoms with van der Waals surface area (Å²) in [7, 11) is 0. The number of rotatable bonds is 9. The molecule has 0 atom stereocenters. The summed E-state index contributed by atoms with van der Waals surface area (Å²) < 4.78 is 5.43. The van der Waals surface area contributed by atoms with Crippen molar-refractivity contribution in [1.82, 2.24) is 20.4 Å². The first-order valence-electron chi connectivity index (χ1n) is 11.0. The van der Waals surface area contributed by atoms with Crippen molar-refractivity contribution in [2.45, 2.75) is 72.3 Å². The van der Waals surface area contributed by atoms with Crippen LogP contribution >= 0.6 is 0 Å². The van der Waals surface area contributed by atoms with Crippen LogP contribution in [0, 0.1) is 0 Å². The first-order chi connectivity index (χ1) is 13.8. The van der Waals surface area contributed by atoms with Crippen molar-refractivity contribution in [3.8, 4) is 0 Å². The molecule has 8 heteroatoms. The zero-order chi connectivity index (χ0) is 21.7. The Morgan fingerprint density at radius 2 is 1.97 bits per heavy atom. The molecule has 0 aromatic heterocycles. The Labute approximate surface area is 176 Å². The summed E-state index contributed by atoms with van der Waals surface area (Å²) in [6.45, 7) is 14.3. The minimum atomic E-state index is -0.497. The lowest BCUT2D eigenvalue weighted by Crippen LogP contribution is -2.44. The van der Waals surface area contributed by atoms with Crippen LogP contribution in [0.4, 0.5) is 4.79 Å². The highest BCUT2D eigenvalue weighted by molar-refractivity contribution is 5.79. The van der Waals surface area contributed by atoms with Gasteiger partial charge in [0.2, 0.25) is 5.91 Å². The van der Waals surface area contributed by atoms with Gasteiger partial charge >= 0.3 is 6.09 Å². The van der Waals surface area contributed by atoms with E-state index in [-0.39, 0.29) is 12.0 Å². The predicted octanol–water partition coefficient (Wildman–Crippen LogP) is 2.59. The lowest BCUT2D eigenvalue weighted by molar-refractivity contribution is -0.130. The third-order valence-corrected chi connectivity index (χ3v) is 4.58. The van der Waals surface area contributed by atoms with Gasteiger partial charge in [-0.25, -0.2) is 4.79 Å². The number of likely N-dealkylation sites (tertiary alicyclic amines) is 1. The number of likely N-dealkylation sites (N-methyl/N-ethyl adjacent to an activating group) is 1. The van der Waals surface area contributed by atoms with Gasteiger partial charge in [0.05, 0.1) is 0 Å². The largest absolute Gasteiger partial charge is 0.444 e. The molecule has 0 bridgehead atoms. The van der Waals surface area contributed by atoms with Gasteiger partial charge in [-0.3, -0.25) is 9.79 Å². The quantitative estimate of drug-likeness (QED) is 0.346. The van der Waals surface area contributed by atoms with Gasteiger partial charge in [-0.15, -0.1) is 0 Å². The first kappa shape index (κ1) is 25.0. The third-order valence-electron chi connectivity index (χ3n) is 4.58. The summed E-state index contributed by atoms with van der Waals surface area (Å²) in [6, 6.07) is 0. The molecule has 1 aliphatic rings. The number of hydrogen-bond donors (Lipinski definition) is 2. The summed E-state index contributed by atoms with van der Waals surface area (Å²) in [5, 5.41) is 6.49. The average Bonchev–Trinajstić information content (AvgIpc) is 2.84. The Kier molecular flexibility index (Phi) is 11.5. The molecule has 0 aliphatic carbocycles. The summed E-state index contributed by atoms with van der Waals surface area (Å²) >= 11 is 0. The van der Waals surface area contributed by atoms with Crippen LogP contribution in [0.25, 0.3) is 0 Å². The molecule has 0 spiro atoms. The van der Waals surface area contributed by atoms with Gasteiger partial charge < -0.3 is 25.2 Å². The molecule has 0 radical (unpaired) electrons. The highest BCUT2D eigenvalue weighted by Gasteiger charge is 2.20. The van der Waals surface area contributed by atoms with E-state index >= 15 is 0 Å². The SMILES string of the molecule is CCNC(=NCCCN1CCCCCC1=O)NCCN(CC)C(=O)OC(C)(C)C. The molecule has 29 heavy (non-hydrogen) atoms. The van der Waals surface area contributed by atoms with Crippen LogP contribution in [0.2, 0.25) is 0 Å². The number of nitrogens with one attached hydrogen (secondary N) is 2. The lowest BCUT2D eigenvalue weighted by atomic mass is 10.2. The second-order valence-electron chi connectivity index (χ2n) is 8.29. The maximum absolute atomic E-state index is 12.2. The maximum atomic E-state index is 12.2. The summed E-state index contributed by atoms with van der Waals surface area (Å²) in [4.78, 5) is 32.5. The van der Waals surface area contributed by atoms with Crippen molar-refractivity contribution in [1.29, 1.82) is 0 Å². The predicted molar refractivity (Wildman–Crippen MR) is 117 cm³/mol. The van der Waals surface area contributed by atoms with E-state index in [4.69, 9.17) is 4.74 Å². The average molecular weight is 412 g/mol. The Hall–Kier alpha value is -1.99. The molecule has 1 saturated heterocycles. The second kappa shape index (κ2) is 13.3. The highest BCUT2D eigenvalue weighted by atomic mass is 16.6. The second-order valence-corrected chi connectivity index (χ2v) is 8.29. The molecule has 1 rings (SSSR count). The number of carbonyl (C=O) groups is 2. The smallest absolute Gasteiger partial charge is 0.410 e. The number of ether oxygens (including phenoxy) is 1. The van der Waals surface area contributed by atoms with Crippen LogP contribution in [0.5, 0.6) is 0 Å². The zero-order valence-electron chi connectivity index (χ0n) is 19.1. The molecule has 2 N–H and O–H groups in total. The topological polar surface area (TPSA) is 86.3 Å². The number of guanidine groups is 1. The zero-order valence-corrected chi connectivity index (χ0v) is 19.1. The lowest BCUT2D eigenvalue weighted by Gasteiger charge is -2.26. The van der Waals surface area contributed by atoms with Crippen molar-refractivity contribution < 1.29 is 14.3 Å². The Balaban J connectivity index is 2.40. The first-order valence-corrected chi connectivity index (χ1v) is 11.0. The fourth-order valence-electron chi connectivity index (χ4n) is 3.08. The molecule has 168 valence electrons. The molecule has 1 heterocycles. The van der Waals surface area contributed by atoms with Crippen LogP contribution in [-0.4, -0.2) is 79.2 Å². The number of hydrogen-bond acceptors (Lipinski definition) is 4. The van der Waals surface area contributed by atoms with Gasteiger partial charge in [0.25, 0.3) is 0 Å². The van der Waals surface area contributed by atoms with E-state index in [0.29, 0.717) is 32.6 Å². The molecular weight excluding hydrogens is 370 g/mol. The van der Waals surface area contributed by atoms with Gasteiger partial charge in [-0.1, -0.05) is 6.42 Å². The Morgan fingerprint density at radius 1 is 1.21 bits per heavy atom. The molecule has 8 nitrogen and oxygen atoms in total. The molecule has 1 fully saturated rings. The monoisotopic (exact) mass is 411 g/mol. The van der Waals surface area contributed by atoms with Crippen LogP contribution in [0.15, 0.2) is 4.99 Å². The van der Waals surface area contributed by atoms with Gasteiger partial charge in [0.15, 0.2) is 5.96 Å². The van der Waals surface area contributed by atoms with E-state index in [1.807, 2.05) is 39.5 Å². The number of aliphatic imine (C=N–C) groups is 1. The maximum Gasteiger partial charge on any atom is 0.410 e. The minimum Gasteiger partial charge on any atom is -0.444 e. The molecule has 0 aromatic carbocycles. The molecule has 1 aliphatic heterocycles. The van der Waals surface area contributed by atoms with E-state index in [1.165, 1.54) is 0 Å². The highest BCUT2D eigenvalue weighted by Crippen LogP contribution is 2.11. The molecule has 2 amide bonds. The van der Waals surface area contributed by atoms with E-state index in [9.17, 15) is 9.59 Å². The molecule has 0 aromatic rings. The van der Waals surface area contributed by atoms with Crippen molar-refractivity contribution in [2.24, 2.45) is 4.99 Å². The van der Waals surface area contributed by atoms with Crippen LogP contribution < -0.4 is 10.6 Å². The fourth-order valence-corrected chi connectivity index (χ4v) is 3.08. The van der Waals surface area contributed by atoms with Crippen LogP contribution in [0.1, 0.15) is 66.7 Å². The summed E-state index contributed by atoms with van der Waals surface area (Å²) in [6.07, 6.45) is 4.49. The van der Waals surface area contributed by atoms with Crippen LogP contribution in [-0.2, 0) is 9.53 Å². The van der Waals surface area contributed by atoms with Crippen molar-refractivity contribution in [2.75, 3.05) is 45.8 Å². The number of amides is 2.